The van der Waals surface area contributed by atoms with Gasteiger partial charge in [0.25, 0.3) is 0 Å². The molecule has 35 heavy (non-hydrogen) atoms. The fourth-order valence-electron chi connectivity index (χ4n) is 4.77. The van der Waals surface area contributed by atoms with Crippen molar-refractivity contribution in [3.05, 3.63) is 35.6 Å². The zero-order chi connectivity index (χ0) is 25.7. The van der Waals surface area contributed by atoms with Crippen LogP contribution in [0.5, 0.6) is 0 Å². The number of aliphatic hydroxyl groups excluding tert-OH is 1. The van der Waals surface area contributed by atoms with Gasteiger partial charge < -0.3 is 25.4 Å². The van der Waals surface area contributed by atoms with Crippen LogP contribution in [0.2, 0.25) is 0 Å². The number of halogens is 3. The van der Waals surface area contributed by atoms with Crippen LogP contribution in [0.15, 0.2) is 35.6 Å². The van der Waals surface area contributed by atoms with Gasteiger partial charge >= 0.3 is 14.0 Å². The summed E-state index contributed by atoms with van der Waals surface area (Å²) in [6, 6.07) is 0. The lowest BCUT2D eigenvalue weighted by Gasteiger charge is -2.30. The summed E-state index contributed by atoms with van der Waals surface area (Å²) >= 11 is 0. The van der Waals surface area contributed by atoms with E-state index in [0.29, 0.717) is 23.8 Å². The minimum Gasteiger partial charge on any atom is -0.497 e. The van der Waals surface area contributed by atoms with E-state index in [9.17, 15) is 22.8 Å². The second kappa shape index (κ2) is 11.9. The van der Waals surface area contributed by atoms with Crippen molar-refractivity contribution in [2.75, 3.05) is 19.8 Å². The summed E-state index contributed by atoms with van der Waals surface area (Å²) in [6.45, 7) is -1.02. The molecule has 0 aliphatic heterocycles. The highest BCUT2D eigenvalue weighted by molar-refractivity contribution is 7.46. The van der Waals surface area contributed by atoms with E-state index in [1.165, 1.54) is 25.3 Å². The second-order valence-electron chi connectivity index (χ2n) is 10.2. The maximum Gasteiger partial charge on any atom is 0.469 e. The number of nitrogens with two attached hydrogens (primary N) is 1. The minimum atomic E-state index is -4.78. The van der Waals surface area contributed by atoms with Crippen LogP contribution in [0, 0.1) is 23.7 Å². The summed E-state index contributed by atoms with van der Waals surface area (Å²) < 4.78 is 62.1. The highest BCUT2D eigenvalue weighted by atomic mass is 31.2. The summed E-state index contributed by atoms with van der Waals surface area (Å²) in [6.07, 6.45) is 9.46. The van der Waals surface area contributed by atoms with Gasteiger partial charge in [-0.25, -0.2) is 4.57 Å². The van der Waals surface area contributed by atoms with E-state index in [4.69, 9.17) is 20.3 Å². The predicted molar refractivity (Wildman–Crippen MR) is 125 cm³/mol. The number of alkyl halides is 3. The summed E-state index contributed by atoms with van der Waals surface area (Å²) in [5, 5.41) is 9.50. The Hall–Kier alpha value is -1.16. The van der Waals surface area contributed by atoms with Crippen molar-refractivity contribution < 1.29 is 41.9 Å². The summed E-state index contributed by atoms with van der Waals surface area (Å²) in [7, 11) is -4.78. The van der Waals surface area contributed by atoms with Crippen molar-refractivity contribution in [2.24, 2.45) is 29.4 Å². The smallest absolute Gasteiger partial charge is 0.469 e. The van der Waals surface area contributed by atoms with E-state index < -0.39 is 38.7 Å². The quantitative estimate of drug-likeness (QED) is 0.156. The molecule has 0 spiro atoms. The Morgan fingerprint density at radius 2 is 1.86 bits per heavy atom. The minimum absolute atomic E-state index is 0.000447. The van der Waals surface area contributed by atoms with Crippen molar-refractivity contribution in [3.63, 3.8) is 0 Å². The molecule has 0 aromatic rings. The zero-order valence-corrected chi connectivity index (χ0v) is 20.7. The van der Waals surface area contributed by atoms with Crippen molar-refractivity contribution in [1.82, 2.24) is 0 Å². The maximum atomic E-state index is 13.7. The van der Waals surface area contributed by atoms with E-state index in [-0.39, 0.29) is 31.6 Å². The van der Waals surface area contributed by atoms with Crippen LogP contribution in [0.3, 0.4) is 0 Å². The average Bonchev–Trinajstić information content (AvgIpc) is 3.64. The molecule has 3 rings (SSSR count). The number of aliphatic hydroxyl groups is 1. The number of allylic oxidation sites excluding steroid dienone is 6. The molecule has 11 heteroatoms. The lowest BCUT2D eigenvalue weighted by atomic mass is 9.84. The third-order valence-corrected chi connectivity index (χ3v) is 7.65. The van der Waals surface area contributed by atoms with Crippen LogP contribution in [0.4, 0.5) is 13.2 Å². The first-order chi connectivity index (χ1) is 16.4. The van der Waals surface area contributed by atoms with Crippen molar-refractivity contribution in [2.45, 2.75) is 69.5 Å². The molecule has 1 saturated carbocycles. The molecule has 0 amide bonds. The number of hydrogen-bond donors (Lipinski definition) is 4. The molecule has 0 saturated heterocycles. The van der Waals surface area contributed by atoms with Crippen LogP contribution in [0.1, 0.15) is 57.8 Å². The highest BCUT2D eigenvalue weighted by Crippen LogP contribution is 2.43. The van der Waals surface area contributed by atoms with Gasteiger partial charge in [0.1, 0.15) is 11.7 Å². The average molecular weight is 524 g/mol. The molecule has 7 nitrogen and oxygen atoms in total. The van der Waals surface area contributed by atoms with Gasteiger partial charge in [0.15, 0.2) is 0 Å². The van der Waals surface area contributed by atoms with Gasteiger partial charge in [-0.3, -0.25) is 4.52 Å². The summed E-state index contributed by atoms with van der Waals surface area (Å²) in [4.78, 5) is 17.7. The molecule has 0 aromatic heterocycles. The molecular weight excluding hydrogens is 486 g/mol. The molecule has 0 bridgehead atoms. The topological polar surface area (TPSA) is 122 Å². The Bertz CT molecular complexity index is 851. The van der Waals surface area contributed by atoms with Gasteiger partial charge in [0.2, 0.25) is 0 Å². The van der Waals surface area contributed by atoms with Gasteiger partial charge in [0.05, 0.1) is 25.4 Å². The number of phosphoric ester groups is 1. The predicted octanol–water partition coefficient (Wildman–Crippen LogP) is 4.75. The Morgan fingerprint density at radius 3 is 2.43 bits per heavy atom. The van der Waals surface area contributed by atoms with Crippen molar-refractivity contribution >= 4 is 7.82 Å². The lowest BCUT2D eigenvalue weighted by molar-refractivity contribution is -0.174. The molecule has 0 radical (unpaired) electrons. The van der Waals surface area contributed by atoms with E-state index in [1.807, 2.05) is 0 Å². The standard InChI is InChI=1S/C24H37F3NO6P/c25-24(26,27)21-14-18(11-12-23(28,15-29)16-34-35(30,31)32)5-10-22(21)33-13-1-2-17-3-6-19(7-4-17)20-8-9-20/h3,5-6,10,17,19-21,29H,1-2,4,7-9,11-16,28H2,(H2,30,31,32). The number of phosphoric acid groups is 1. The molecular formula is C24H37F3NO6P. The third-order valence-electron chi connectivity index (χ3n) is 7.18. The van der Waals surface area contributed by atoms with Crippen LogP contribution in [-0.4, -0.2) is 46.4 Å². The first kappa shape index (κ1) is 28.4. The highest BCUT2D eigenvalue weighted by Gasteiger charge is 2.44. The Labute approximate surface area is 204 Å². The SMILES string of the molecule is NC(CO)(CCC1=CC=C(OCCCC2C=CC(C3CC3)CC2)C(C(F)(F)F)C1)COP(=O)(O)O. The zero-order valence-electron chi connectivity index (χ0n) is 19.8. The Morgan fingerprint density at radius 1 is 1.11 bits per heavy atom. The second-order valence-corrected chi connectivity index (χ2v) is 11.4. The van der Waals surface area contributed by atoms with E-state index in [1.54, 1.807) is 6.08 Å². The number of hydrogen-bond acceptors (Lipinski definition) is 5. The van der Waals surface area contributed by atoms with Gasteiger partial charge in [0, 0.05) is 0 Å². The maximum absolute atomic E-state index is 13.7. The monoisotopic (exact) mass is 523 g/mol. The number of ether oxygens (including phenoxy) is 1. The number of rotatable bonds is 13. The van der Waals surface area contributed by atoms with Gasteiger partial charge in [-0.05, 0) is 81.6 Å². The molecule has 5 N–H and O–H groups in total. The molecule has 4 atom stereocenters. The van der Waals surface area contributed by atoms with Crippen LogP contribution in [-0.2, 0) is 13.8 Å². The summed E-state index contributed by atoms with van der Waals surface area (Å²) in [5.41, 5.74) is 4.91. The Balaban J connectivity index is 1.49. The third kappa shape index (κ3) is 9.34. The molecule has 3 aliphatic carbocycles. The first-order valence-electron chi connectivity index (χ1n) is 12.3. The molecule has 0 heterocycles. The van der Waals surface area contributed by atoms with Crippen LogP contribution in [0.25, 0.3) is 0 Å². The fourth-order valence-corrected chi connectivity index (χ4v) is 5.19. The van der Waals surface area contributed by atoms with E-state index in [2.05, 4.69) is 16.7 Å². The Kier molecular flexibility index (Phi) is 9.68. The molecule has 3 aliphatic rings. The van der Waals surface area contributed by atoms with E-state index >= 15 is 0 Å². The lowest BCUT2D eigenvalue weighted by Crippen LogP contribution is -2.48. The first-order valence-corrected chi connectivity index (χ1v) is 13.8. The molecule has 0 aromatic carbocycles. The molecule has 200 valence electrons. The normalized spacial score (nSPS) is 27.2. The van der Waals surface area contributed by atoms with E-state index in [0.717, 1.165) is 18.8 Å². The molecule has 1 fully saturated rings. The van der Waals surface area contributed by atoms with Gasteiger partial charge in [-0.1, -0.05) is 23.8 Å². The fraction of sp³-hybridized carbons (Fsp3) is 0.750. The van der Waals surface area contributed by atoms with Crippen LogP contribution >= 0.6 is 7.82 Å². The molecule has 4 unspecified atom stereocenters. The van der Waals surface area contributed by atoms with Crippen molar-refractivity contribution in [1.29, 1.82) is 0 Å². The van der Waals surface area contributed by atoms with Gasteiger partial charge in [-0.2, -0.15) is 13.2 Å². The summed E-state index contributed by atoms with van der Waals surface area (Å²) in [5.74, 6) is 0.188. The van der Waals surface area contributed by atoms with Crippen molar-refractivity contribution in [3.8, 4) is 0 Å². The largest absolute Gasteiger partial charge is 0.497 e. The van der Waals surface area contributed by atoms with Gasteiger partial charge in [-0.15, -0.1) is 0 Å². The van der Waals surface area contributed by atoms with Crippen LogP contribution < -0.4 is 5.73 Å².